The minimum absolute atomic E-state index is 0.0394. The van der Waals surface area contributed by atoms with Crippen molar-refractivity contribution >= 4 is 5.91 Å². The maximum atomic E-state index is 13.0. The van der Waals surface area contributed by atoms with Gasteiger partial charge in [0.2, 0.25) is 0 Å². The summed E-state index contributed by atoms with van der Waals surface area (Å²) < 4.78 is 10.7. The molecule has 120 valence electrons. The van der Waals surface area contributed by atoms with Gasteiger partial charge in [0, 0.05) is 6.20 Å². The van der Waals surface area contributed by atoms with Gasteiger partial charge in [0.25, 0.3) is 5.91 Å². The fourth-order valence-corrected chi connectivity index (χ4v) is 2.78. The Morgan fingerprint density at radius 1 is 1.26 bits per heavy atom. The van der Waals surface area contributed by atoms with Crippen LogP contribution in [0.5, 0.6) is 6.01 Å². The fourth-order valence-electron chi connectivity index (χ4n) is 2.78. The van der Waals surface area contributed by atoms with Gasteiger partial charge in [0.05, 0.1) is 32.4 Å². The number of carbonyl (C=O) groups is 1. The van der Waals surface area contributed by atoms with E-state index in [1.54, 1.807) is 6.07 Å². The lowest BCUT2D eigenvalue weighted by Gasteiger charge is -2.40. The van der Waals surface area contributed by atoms with E-state index < -0.39 is 0 Å². The summed E-state index contributed by atoms with van der Waals surface area (Å²) >= 11 is 0. The number of amides is 1. The highest BCUT2D eigenvalue weighted by Gasteiger charge is 2.34. The Labute approximate surface area is 135 Å². The zero-order chi connectivity index (χ0) is 16.2. The summed E-state index contributed by atoms with van der Waals surface area (Å²) in [5.41, 5.74) is 1.37. The van der Waals surface area contributed by atoms with E-state index in [0.717, 1.165) is 5.56 Å². The molecule has 6 heteroatoms. The molecule has 1 amide bonds. The van der Waals surface area contributed by atoms with Gasteiger partial charge in [-0.2, -0.15) is 4.98 Å². The number of morpholine rings is 1. The molecule has 0 aliphatic carbocycles. The van der Waals surface area contributed by atoms with Crippen LogP contribution in [0.2, 0.25) is 0 Å². The van der Waals surface area contributed by atoms with Crippen molar-refractivity contribution in [3.05, 3.63) is 53.9 Å². The Morgan fingerprint density at radius 2 is 2.04 bits per heavy atom. The van der Waals surface area contributed by atoms with Crippen molar-refractivity contribution < 1.29 is 14.3 Å². The van der Waals surface area contributed by atoms with Crippen LogP contribution in [-0.2, 0) is 4.74 Å². The second-order valence-electron chi connectivity index (χ2n) is 5.45. The van der Waals surface area contributed by atoms with Crippen LogP contribution in [0.3, 0.4) is 0 Å². The molecule has 1 aliphatic rings. The van der Waals surface area contributed by atoms with Crippen molar-refractivity contribution in [2.45, 2.75) is 19.0 Å². The molecule has 0 saturated carbocycles. The van der Waals surface area contributed by atoms with Gasteiger partial charge in [-0.25, -0.2) is 4.98 Å². The van der Waals surface area contributed by atoms with Gasteiger partial charge >= 0.3 is 6.01 Å². The number of nitrogens with zero attached hydrogens (tertiary/aromatic N) is 3. The third kappa shape index (κ3) is 3.17. The van der Waals surface area contributed by atoms with Crippen molar-refractivity contribution in [1.29, 1.82) is 0 Å². The van der Waals surface area contributed by atoms with E-state index in [2.05, 4.69) is 9.97 Å². The Kier molecular flexibility index (Phi) is 4.52. The Bertz CT molecular complexity index is 678. The highest BCUT2D eigenvalue weighted by molar-refractivity contribution is 5.93. The van der Waals surface area contributed by atoms with Crippen molar-refractivity contribution in [2.75, 3.05) is 20.3 Å². The first-order valence-electron chi connectivity index (χ1n) is 7.53. The minimum Gasteiger partial charge on any atom is -0.467 e. The molecule has 1 saturated heterocycles. The van der Waals surface area contributed by atoms with Crippen LogP contribution in [0.25, 0.3) is 0 Å². The minimum atomic E-state index is -0.143. The SMILES string of the molecule is COc1nccc(C(=O)N2[C@@H](C)COC[C@H]2c2ccccc2)n1. The van der Waals surface area contributed by atoms with Gasteiger partial charge < -0.3 is 14.4 Å². The normalized spacial score (nSPS) is 21.0. The number of methoxy groups -OCH3 is 1. The van der Waals surface area contributed by atoms with E-state index in [1.807, 2.05) is 42.2 Å². The summed E-state index contributed by atoms with van der Waals surface area (Å²) in [5, 5.41) is 0. The second-order valence-corrected chi connectivity index (χ2v) is 5.45. The maximum Gasteiger partial charge on any atom is 0.316 e. The molecular formula is C17H19N3O3. The average Bonchev–Trinajstić information content (AvgIpc) is 2.61. The third-order valence-corrected chi connectivity index (χ3v) is 3.90. The Morgan fingerprint density at radius 3 is 2.78 bits per heavy atom. The summed E-state index contributed by atoms with van der Waals surface area (Å²) in [6.07, 6.45) is 1.53. The van der Waals surface area contributed by atoms with Crippen molar-refractivity contribution in [1.82, 2.24) is 14.9 Å². The van der Waals surface area contributed by atoms with Gasteiger partial charge in [0.1, 0.15) is 5.69 Å². The lowest BCUT2D eigenvalue weighted by atomic mass is 10.0. The monoisotopic (exact) mass is 313 g/mol. The molecule has 0 N–H and O–H groups in total. The molecule has 2 heterocycles. The first kappa shape index (κ1) is 15.4. The van der Waals surface area contributed by atoms with Crippen LogP contribution in [0.4, 0.5) is 0 Å². The molecule has 23 heavy (non-hydrogen) atoms. The zero-order valence-corrected chi connectivity index (χ0v) is 13.2. The average molecular weight is 313 g/mol. The van der Waals surface area contributed by atoms with E-state index >= 15 is 0 Å². The molecule has 0 bridgehead atoms. The van der Waals surface area contributed by atoms with E-state index in [9.17, 15) is 4.79 Å². The number of ether oxygens (including phenoxy) is 2. The molecule has 1 aliphatic heterocycles. The number of hydrogen-bond acceptors (Lipinski definition) is 5. The first-order chi connectivity index (χ1) is 11.2. The first-order valence-corrected chi connectivity index (χ1v) is 7.53. The molecule has 0 radical (unpaired) electrons. The number of benzene rings is 1. The highest BCUT2D eigenvalue weighted by Crippen LogP contribution is 2.28. The molecule has 0 spiro atoms. The van der Waals surface area contributed by atoms with E-state index in [0.29, 0.717) is 18.9 Å². The van der Waals surface area contributed by atoms with E-state index in [1.165, 1.54) is 13.3 Å². The van der Waals surface area contributed by atoms with Gasteiger partial charge in [-0.3, -0.25) is 4.79 Å². The van der Waals surface area contributed by atoms with Crippen LogP contribution in [0.15, 0.2) is 42.6 Å². The zero-order valence-electron chi connectivity index (χ0n) is 13.2. The topological polar surface area (TPSA) is 64.5 Å². The molecule has 0 unspecified atom stereocenters. The smallest absolute Gasteiger partial charge is 0.316 e. The lowest BCUT2D eigenvalue weighted by Crippen LogP contribution is -2.49. The summed E-state index contributed by atoms with van der Waals surface area (Å²) in [6, 6.07) is 11.5. The maximum absolute atomic E-state index is 13.0. The van der Waals surface area contributed by atoms with Gasteiger partial charge in [-0.15, -0.1) is 0 Å². The van der Waals surface area contributed by atoms with E-state index in [4.69, 9.17) is 9.47 Å². The number of carbonyl (C=O) groups excluding carboxylic acids is 1. The molecule has 1 aromatic carbocycles. The van der Waals surface area contributed by atoms with Gasteiger partial charge in [0.15, 0.2) is 0 Å². The van der Waals surface area contributed by atoms with Crippen LogP contribution >= 0.6 is 0 Å². The van der Waals surface area contributed by atoms with E-state index in [-0.39, 0.29) is 24.0 Å². The van der Waals surface area contributed by atoms with Crippen LogP contribution in [0.1, 0.15) is 29.0 Å². The predicted molar refractivity (Wildman–Crippen MR) is 84.2 cm³/mol. The predicted octanol–water partition coefficient (Wildman–Crippen LogP) is 2.09. The summed E-state index contributed by atoms with van der Waals surface area (Å²) in [5.74, 6) is -0.143. The second kappa shape index (κ2) is 6.75. The molecule has 3 rings (SSSR count). The van der Waals surface area contributed by atoms with Gasteiger partial charge in [-0.05, 0) is 18.6 Å². The molecule has 1 aromatic heterocycles. The van der Waals surface area contributed by atoms with Crippen LogP contribution in [0, 0.1) is 0 Å². The standard InChI is InChI=1S/C17H19N3O3/c1-12-10-23-11-15(13-6-4-3-5-7-13)20(12)16(21)14-8-9-18-17(19-14)22-2/h3-9,12,15H,10-11H2,1-2H3/t12-,15-/m0/s1. The summed E-state index contributed by atoms with van der Waals surface area (Å²) in [7, 11) is 1.48. The lowest BCUT2D eigenvalue weighted by molar-refractivity contribution is -0.0318. The molecular weight excluding hydrogens is 294 g/mol. The quantitative estimate of drug-likeness (QED) is 0.868. The van der Waals surface area contributed by atoms with Crippen LogP contribution in [-0.4, -0.2) is 47.1 Å². The Balaban J connectivity index is 1.94. The largest absolute Gasteiger partial charge is 0.467 e. The van der Waals surface area contributed by atoms with Gasteiger partial charge in [-0.1, -0.05) is 30.3 Å². The van der Waals surface area contributed by atoms with Crippen molar-refractivity contribution in [3.63, 3.8) is 0 Å². The number of hydrogen-bond donors (Lipinski definition) is 0. The highest BCUT2D eigenvalue weighted by atomic mass is 16.5. The summed E-state index contributed by atoms with van der Waals surface area (Å²) in [4.78, 5) is 22.9. The fraction of sp³-hybridized carbons (Fsp3) is 0.353. The van der Waals surface area contributed by atoms with Crippen LogP contribution < -0.4 is 4.74 Å². The van der Waals surface area contributed by atoms with Crippen molar-refractivity contribution in [2.24, 2.45) is 0 Å². The molecule has 2 aromatic rings. The molecule has 2 atom stereocenters. The third-order valence-electron chi connectivity index (χ3n) is 3.90. The summed E-state index contributed by atoms with van der Waals surface area (Å²) in [6.45, 7) is 2.96. The number of rotatable bonds is 3. The Hall–Kier alpha value is -2.47. The van der Waals surface area contributed by atoms with Crippen molar-refractivity contribution in [3.8, 4) is 6.01 Å². The molecule has 6 nitrogen and oxygen atoms in total. The molecule has 1 fully saturated rings. The number of aromatic nitrogens is 2.